The summed E-state index contributed by atoms with van der Waals surface area (Å²) in [5.74, 6) is 0.681. The van der Waals surface area contributed by atoms with Crippen LogP contribution in [-0.4, -0.2) is 24.7 Å². The van der Waals surface area contributed by atoms with Crippen LogP contribution < -0.4 is 5.32 Å². The molecule has 0 aliphatic carbocycles. The first-order valence-corrected chi connectivity index (χ1v) is 9.71. The summed E-state index contributed by atoms with van der Waals surface area (Å²) in [6, 6.07) is 13.1. The maximum atomic E-state index is 11.7. The van der Waals surface area contributed by atoms with Gasteiger partial charge in [0, 0.05) is 20.6 Å². The van der Waals surface area contributed by atoms with Crippen LogP contribution in [0.1, 0.15) is 0 Å². The van der Waals surface area contributed by atoms with Crippen LogP contribution in [0.15, 0.2) is 52.3 Å². The molecule has 1 amide bonds. The molecule has 0 aromatic heterocycles. The van der Waals surface area contributed by atoms with Crippen LogP contribution in [-0.2, 0) is 4.74 Å². The zero-order chi connectivity index (χ0) is 16.7. The highest BCUT2D eigenvalue weighted by Crippen LogP contribution is 2.25. The van der Waals surface area contributed by atoms with Gasteiger partial charge in [-0.2, -0.15) is 0 Å². The van der Waals surface area contributed by atoms with Crippen molar-refractivity contribution in [3.8, 4) is 0 Å². The zero-order valence-electron chi connectivity index (χ0n) is 12.3. The highest BCUT2D eigenvalue weighted by atomic mass is 35.5. The molecule has 0 saturated heterocycles. The molecule has 23 heavy (non-hydrogen) atoms. The summed E-state index contributed by atoms with van der Waals surface area (Å²) in [7, 11) is 0. The van der Waals surface area contributed by atoms with Gasteiger partial charge in [-0.15, -0.1) is 23.5 Å². The molecule has 2 rings (SSSR count). The van der Waals surface area contributed by atoms with Crippen molar-refractivity contribution in [2.24, 2.45) is 0 Å². The molecule has 0 saturated carbocycles. The highest BCUT2D eigenvalue weighted by Gasteiger charge is 2.07. The lowest BCUT2D eigenvalue weighted by Gasteiger charge is -2.08. The fourth-order valence-corrected chi connectivity index (χ4v) is 3.30. The highest BCUT2D eigenvalue weighted by molar-refractivity contribution is 7.99. The summed E-state index contributed by atoms with van der Waals surface area (Å²) in [6.45, 7) is 0.311. The molecular formula is C16H15Cl2NO2S2. The number of hydrogen-bond acceptors (Lipinski definition) is 4. The Morgan fingerprint density at radius 1 is 1.13 bits per heavy atom. The van der Waals surface area contributed by atoms with Gasteiger partial charge in [0.1, 0.15) is 6.61 Å². The molecule has 0 radical (unpaired) electrons. The summed E-state index contributed by atoms with van der Waals surface area (Å²) in [5, 5.41) is 3.47. The standard InChI is InChI=1S/C16H15Cl2NO2S2/c1-22-12-3-5-13(6-4-12)23-9-8-21-16(20)19-15-7-2-11(17)10-14(15)18/h2-7,10H,8-9H2,1H3,(H,19,20). The molecule has 0 spiro atoms. The molecule has 0 aliphatic heterocycles. The van der Waals surface area contributed by atoms with Gasteiger partial charge in [-0.1, -0.05) is 23.2 Å². The van der Waals surface area contributed by atoms with Crippen molar-refractivity contribution in [1.82, 2.24) is 0 Å². The third kappa shape index (κ3) is 6.18. The number of amides is 1. The number of ether oxygens (including phenoxy) is 1. The summed E-state index contributed by atoms with van der Waals surface area (Å²) < 4.78 is 5.13. The Labute approximate surface area is 154 Å². The van der Waals surface area contributed by atoms with Gasteiger partial charge >= 0.3 is 6.09 Å². The number of thioether (sulfide) groups is 2. The van der Waals surface area contributed by atoms with Gasteiger partial charge in [-0.05, 0) is 48.7 Å². The maximum Gasteiger partial charge on any atom is 0.411 e. The van der Waals surface area contributed by atoms with Crippen molar-refractivity contribution in [2.45, 2.75) is 9.79 Å². The maximum absolute atomic E-state index is 11.7. The van der Waals surface area contributed by atoms with E-state index in [2.05, 4.69) is 29.6 Å². The van der Waals surface area contributed by atoms with Gasteiger partial charge in [-0.3, -0.25) is 5.32 Å². The van der Waals surface area contributed by atoms with Crippen molar-refractivity contribution in [2.75, 3.05) is 23.9 Å². The topological polar surface area (TPSA) is 38.3 Å². The number of rotatable bonds is 6. The quantitative estimate of drug-likeness (QED) is 0.483. The second-order valence-electron chi connectivity index (χ2n) is 4.41. The molecule has 0 aliphatic rings. The normalized spacial score (nSPS) is 10.4. The number of nitrogens with one attached hydrogen (secondary N) is 1. The lowest BCUT2D eigenvalue weighted by Crippen LogP contribution is -2.15. The minimum Gasteiger partial charge on any atom is -0.448 e. The van der Waals surface area contributed by atoms with Crippen LogP contribution in [0.4, 0.5) is 10.5 Å². The zero-order valence-corrected chi connectivity index (χ0v) is 15.5. The van der Waals surface area contributed by atoms with Gasteiger partial charge in [0.2, 0.25) is 0 Å². The minimum atomic E-state index is -0.535. The first-order valence-electron chi connectivity index (χ1n) is 6.74. The smallest absolute Gasteiger partial charge is 0.411 e. The fraction of sp³-hybridized carbons (Fsp3) is 0.188. The van der Waals surface area contributed by atoms with Crippen molar-refractivity contribution in [3.63, 3.8) is 0 Å². The van der Waals surface area contributed by atoms with Crippen molar-refractivity contribution in [3.05, 3.63) is 52.5 Å². The molecule has 0 unspecified atom stereocenters. The van der Waals surface area contributed by atoms with Gasteiger partial charge in [0.25, 0.3) is 0 Å². The van der Waals surface area contributed by atoms with Crippen LogP contribution >= 0.6 is 46.7 Å². The van der Waals surface area contributed by atoms with Gasteiger partial charge < -0.3 is 4.74 Å². The lowest BCUT2D eigenvalue weighted by atomic mass is 10.3. The Bertz CT molecular complexity index is 666. The summed E-state index contributed by atoms with van der Waals surface area (Å²) in [4.78, 5) is 14.1. The molecule has 0 fully saturated rings. The summed E-state index contributed by atoms with van der Waals surface area (Å²) in [5.41, 5.74) is 0.473. The number of hydrogen-bond donors (Lipinski definition) is 1. The van der Waals surface area contributed by atoms with E-state index >= 15 is 0 Å². The molecule has 0 bridgehead atoms. The van der Waals surface area contributed by atoms with E-state index in [0.29, 0.717) is 28.1 Å². The molecule has 0 atom stereocenters. The summed E-state index contributed by atoms with van der Waals surface area (Å²) in [6.07, 6.45) is 1.51. The monoisotopic (exact) mass is 387 g/mol. The Hall–Kier alpha value is -1.01. The molecule has 3 nitrogen and oxygen atoms in total. The molecule has 122 valence electrons. The predicted molar refractivity (Wildman–Crippen MR) is 100 cm³/mol. The SMILES string of the molecule is CSc1ccc(SCCOC(=O)Nc2ccc(Cl)cc2Cl)cc1. The summed E-state index contributed by atoms with van der Waals surface area (Å²) >= 11 is 15.1. The number of carbonyl (C=O) groups is 1. The van der Waals surface area contributed by atoms with Crippen LogP contribution in [0.25, 0.3) is 0 Å². The van der Waals surface area contributed by atoms with Crippen LogP contribution in [0, 0.1) is 0 Å². The first kappa shape index (κ1) is 18.3. The van der Waals surface area contributed by atoms with Crippen LogP contribution in [0.3, 0.4) is 0 Å². The molecule has 2 aromatic rings. The Morgan fingerprint density at radius 3 is 2.48 bits per heavy atom. The Balaban J connectivity index is 1.72. The van der Waals surface area contributed by atoms with E-state index in [1.807, 2.05) is 6.26 Å². The lowest BCUT2D eigenvalue weighted by molar-refractivity contribution is 0.169. The molecule has 1 N–H and O–H groups in total. The molecule has 7 heteroatoms. The minimum absolute atomic E-state index is 0.311. The number of halogens is 2. The van der Waals surface area contributed by atoms with Crippen molar-refractivity contribution < 1.29 is 9.53 Å². The Morgan fingerprint density at radius 2 is 1.83 bits per heavy atom. The Kier molecular flexibility index (Phi) is 7.43. The first-order chi connectivity index (χ1) is 11.1. The van der Waals surface area contributed by atoms with E-state index in [1.165, 1.54) is 4.90 Å². The van der Waals surface area contributed by atoms with E-state index < -0.39 is 6.09 Å². The average molecular weight is 388 g/mol. The molecular weight excluding hydrogens is 373 g/mol. The average Bonchev–Trinajstić information content (AvgIpc) is 2.55. The number of benzene rings is 2. The number of anilines is 1. The van der Waals surface area contributed by atoms with Crippen LogP contribution in [0.5, 0.6) is 0 Å². The predicted octanol–water partition coefficient (Wildman–Crippen LogP) is 6.06. The van der Waals surface area contributed by atoms with E-state index in [4.69, 9.17) is 27.9 Å². The van der Waals surface area contributed by atoms with Crippen molar-refractivity contribution >= 4 is 58.5 Å². The van der Waals surface area contributed by atoms with E-state index in [-0.39, 0.29) is 0 Å². The third-order valence-corrected chi connectivity index (χ3v) is 5.08. The number of carbonyl (C=O) groups excluding carboxylic acids is 1. The van der Waals surface area contributed by atoms with E-state index in [0.717, 1.165) is 4.90 Å². The molecule has 2 aromatic carbocycles. The second-order valence-corrected chi connectivity index (χ2v) is 7.30. The largest absolute Gasteiger partial charge is 0.448 e. The van der Waals surface area contributed by atoms with E-state index in [9.17, 15) is 4.79 Å². The van der Waals surface area contributed by atoms with Gasteiger partial charge in [0.15, 0.2) is 0 Å². The van der Waals surface area contributed by atoms with Crippen LogP contribution in [0.2, 0.25) is 10.0 Å². The van der Waals surface area contributed by atoms with Crippen molar-refractivity contribution in [1.29, 1.82) is 0 Å². The fourth-order valence-electron chi connectivity index (χ4n) is 1.70. The van der Waals surface area contributed by atoms with Gasteiger partial charge in [0.05, 0.1) is 10.7 Å². The molecule has 0 heterocycles. The third-order valence-electron chi connectivity index (χ3n) is 2.81. The van der Waals surface area contributed by atoms with Gasteiger partial charge in [-0.25, -0.2) is 4.79 Å². The second kappa shape index (κ2) is 9.33. The van der Waals surface area contributed by atoms with E-state index in [1.54, 1.807) is 41.7 Å².